The van der Waals surface area contributed by atoms with Crippen molar-refractivity contribution in [2.75, 3.05) is 13.6 Å². The fourth-order valence-electron chi connectivity index (χ4n) is 3.72. The van der Waals surface area contributed by atoms with Gasteiger partial charge in [0, 0.05) is 37.5 Å². The summed E-state index contributed by atoms with van der Waals surface area (Å²) in [6, 6.07) is 22.3. The number of amides is 1. The van der Waals surface area contributed by atoms with Crippen molar-refractivity contribution in [2.24, 2.45) is 0 Å². The van der Waals surface area contributed by atoms with E-state index in [1.54, 1.807) is 18.7 Å². The highest BCUT2D eigenvalue weighted by Gasteiger charge is 2.23. The van der Waals surface area contributed by atoms with Gasteiger partial charge in [0.2, 0.25) is 10.0 Å². The van der Waals surface area contributed by atoms with E-state index in [0.29, 0.717) is 5.69 Å². The standard InChI is InChI=1S/C26H25FN4O3S/c1-3-28-35(33,34)22-14-15-24(27)23(16-22)26(32)30(2)17-20-18-31(21-12-8-5-9-13-21)29-25(20)19-10-6-4-7-11-19/h4-16,18,28H,3,17H2,1-2H3. The normalized spacial score (nSPS) is 11.4. The monoisotopic (exact) mass is 492 g/mol. The topological polar surface area (TPSA) is 84.3 Å². The molecule has 1 amide bonds. The minimum atomic E-state index is -3.84. The predicted molar refractivity (Wildman–Crippen MR) is 132 cm³/mol. The van der Waals surface area contributed by atoms with Gasteiger partial charge in [-0.15, -0.1) is 0 Å². The van der Waals surface area contributed by atoms with Crippen LogP contribution in [0.3, 0.4) is 0 Å². The van der Waals surface area contributed by atoms with Crippen LogP contribution in [-0.4, -0.2) is 42.6 Å². The zero-order chi connectivity index (χ0) is 25.0. The number of hydrogen-bond donors (Lipinski definition) is 1. The Kier molecular flexibility index (Phi) is 7.09. The molecule has 180 valence electrons. The number of para-hydroxylation sites is 1. The van der Waals surface area contributed by atoms with E-state index in [2.05, 4.69) is 4.72 Å². The molecule has 4 rings (SSSR count). The average molecular weight is 493 g/mol. The van der Waals surface area contributed by atoms with Crippen LogP contribution in [0.2, 0.25) is 0 Å². The van der Waals surface area contributed by atoms with E-state index in [-0.39, 0.29) is 23.5 Å². The van der Waals surface area contributed by atoms with Crippen molar-refractivity contribution < 1.29 is 17.6 Å². The van der Waals surface area contributed by atoms with Gasteiger partial charge in [0.05, 0.1) is 21.8 Å². The zero-order valence-corrected chi connectivity index (χ0v) is 20.2. The molecule has 0 saturated carbocycles. The van der Waals surface area contributed by atoms with Gasteiger partial charge in [0.15, 0.2) is 0 Å². The summed E-state index contributed by atoms with van der Waals surface area (Å²) < 4.78 is 43.4. The molecular weight excluding hydrogens is 467 g/mol. The van der Waals surface area contributed by atoms with Gasteiger partial charge < -0.3 is 4.90 Å². The highest BCUT2D eigenvalue weighted by Crippen LogP contribution is 2.25. The average Bonchev–Trinajstić information content (AvgIpc) is 3.28. The maximum Gasteiger partial charge on any atom is 0.256 e. The first-order valence-electron chi connectivity index (χ1n) is 11.0. The second kappa shape index (κ2) is 10.2. The van der Waals surface area contributed by atoms with Gasteiger partial charge in [-0.2, -0.15) is 5.10 Å². The zero-order valence-electron chi connectivity index (χ0n) is 19.3. The van der Waals surface area contributed by atoms with Gasteiger partial charge in [-0.3, -0.25) is 4.79 Å². The van der Waals surface area contributed by atoms with E-state index in [1.807, 2.05) is 66.9 Å². The molecule has 0 radical (unpaired) electrons. The van der Waals surface area contributed by atoms with E-state index in [9.17, 15) is 17.6 Å². The molecule has 0 saturated heterocycles. The molecule has 0 bridgehead atoms. The molecule has 0 fully saturated rings. The first kappa shape index (κ1) is 24.3. The molecule has 7 nitrogen and oxygen atoms in total. The summed E-state index contributed by atoms with van der Waals surface area (Å²) in [5.41, 5.74) is 2.87. The quantitative estimate of drug-likeness (QED) is 0.399. The number of nitrogens with one attached hydrogen (secondary N) is 1. The molecule has 0 atom stereocenters. The number of sulfonamides is 1. The Labute approximate surface area is 203 Å². The van der Waals surface area contributed by atoms with Crippen LogP contribution in [0.15, 0.2) is 90.0 Å². The summed E-state index contributed by atoms with van der Waals surface area (Å²) in [6.07, 6.45) is 1.84. The van der Waals surface area contributed by atoms with Crippen molar-refractivity contribution in [3.63, 3.8) is 0 Å². The maximum absolute atomic E-state index is 14.6. The molecule has 9 heteroatoms. The van der Waals surface area contributed by atoms with E-state index in [0.717, 1.165) is 35.0 Å². The lowest BCUT2D eigenvalue weighted by atomic mass is 10.1. The third kappa shape index (κ3) is 5.31. The first-order chi connectivity index (χ1) is 16.8. The largest absolute Gasteiger partial charge is 0.337 e. The molecule has 0 aliphatic heterocycles. The summed E-state index contributed by atoms with van der Waals surface area (Å²) in [5, 5.41) is 4.74. The number of benzene rings is 3. The lowest BCUT2D eigenvalue weighted by Crippen LogP contribution is -2.28. The SMILES string of the molecule is CCNS(=O)(=O)c1ccc(F)c(C(=O)N(C)Cc2cn(-c3ccccc3)nc2-c2ccccc2)c1. The van der Waals surface area contributed by atoms with Crippen LogP contribution in [0.25, 0.3) is 16.9 Å². The summed E-state index contributed by atoms with van der Waals surface area (Å²) >= 11 is 0. The molecular formula is C26H25FN4O3S. The fourth-order valence-corrected chi connectivity index (χ4v) is 4.79. The molecule has 0 spiro atoms. The number of aromatic nitrogens is 2. The smallest absolute Gasteiger partial charge is 0.256 e. The molecule has 1 aromatic heterocycles. The highest BCUT2D eigenvalue weighted by molar-refractivity contribution is 7.89. The Hall–Kier alpha value is -3.82. The van der Waals surface area contributed by atoms with E-state index in [1.165, 1.54) is 4.90 Å². The number of hydrogen-bond acceptors (Lipinski definition) is 4. The number of nitrogens with zero attached hydrogens (tertiary/aromatic N) is 3. The Morgan fingerprint density at radius 1 is 1.03 bits per heavy atom. The molecule has 0 aliphatic carbocycles. The van der Waals surface area contributed by atoms with Gasteiger partial charge in [-0.25, -0.2) is 22.2 Å². The Bertz CT molecular complexity index is 1440. The fraction of sp³-hybridized carbons (Fsp3) is 0.154. The van der Waals surface area contributed by atoms with E-state index in [4.69, 9.17) is 5.10 Å². The van der Waals surface area contributed by atoms with Crippen LogP contribution in [0.5, 0.6) is 0 Å². The molecule has 4 aromatic rings. The molecule has 35 heavy (non-hydrogen) atoms. The van der Waals surface area contributed by atoms with Crippen LogP contribution in [0.1, 0.15) is 22.8 Å². The van der Waals surface area contributed by atoms with Crippen molar-refractivity contribution >= 4 is 15.9 Å². The summed E-state index contributed by atoms with van der Waals surface area (Å²) in [4.78, 5) is 14.4. The summed E-state index contributed by atoms with van der Waals surface area (Å²) in [7, 11) is -2.29. The molecule has 0 unspecified atom stereocenters. The Morgan fingerprint density at radius 3 is 2.34 bits per heavy atom. The Balaban J connectivity index is 1.68. The van der Waals surface area contributed by atoms with Crippen molar-refractivity contribution in [2.45, 2.75) is 18.4 Å². The second-order valence-corrected chi connectivity index (χ2v) is 9.72. The minimum Gasteiger partial charge on any atom is -0.337 e. The van der Waals surface area contributed by atoms with Crippen LogP contribution in [0.4, 0.5) is 4.39 Å². The van der Waals surface area contributed by atoms with Crippen molar-refractivity contribution in [3.8, 4) is 16.9 Å². The van der Waals surface area contributed by atoms with E-state index < -0.39 is 21.7 Å². The van der Waals surface area contributed by atoms with Gasteiger partial charge in [0.25, 0.3) is 5.91 Å². The minimum absolute atomic E-state index is 0.138. The van der Waals surface area contributed by atoms with Gasteiger partial charge >= 0.3 is 0 Å². The number of halogens is 1. The molecule has 1 heterocycles. The number of rotatable bonds is 8. The first-order valence-corrected chi connectivity index (χ1v) is 12.5. The van der Waals surface area contributed by atoms with Crippen LogP contribution >= 0.6 is 0 Å². The van der Waals surface area contributed by atoms with Crippen molar-refractivity contribution in [3.05, 3.63) is 102 Å². The lowest BCUT2D eigenvalue weighted by Gasteiger charge is -2.18. The summed E-state index contributed by atoms with van der Waals surface area (Å²) in [6.45, 7) is 1.96. The van der Waals surface area contributed by atoms with Gasteiger partial charge in [-0.1, -0.05) is 55.5 Å². The third-order valence-electron chi connectivity index (χ3n) is 5.43. The Morgan fingerprint density at radius 2 is 1.69 bits per heavy atom. The predicted octanol–water partition coefficient (Wildman–Crippen LogP) is 4.25. The van der Waals surface area contributed by atoms with E-state index >= 15 is 0 Å². The van der Waals surface area contributed by atoms with Crippen LogP contribution in [0, 0.1) is 5.82 Å². The van der Waals surface area contributed by atoms with Crippen LogP contribution < -0.4 is 4.72 Å². The van der Waals surface area contributed by atoms with Gasteiger partial charge in [0.1, 0.15) is 5.82 Å². The van der Waals surface area contributed by atoms with Crippen molar-refractivity contribution in [1.82, 2.24) is 19.4 Å². The highest BCUT2D eigenvalue weighted by atomic mass is 32.2. The maximum atomic E-state index is 14.6. The number of carbonyl (C=O) groups is 1. The summed E-state index contributed by atoms with van der Waals surface area (Å²) in [5.74, 6) is -1.43. The molecule has 1 N–H and O–H groups in total. The van der Waals surface area contributed by atoms with Crippen molar-refractivity contribution in [1.29, 1.82) is 0 Å². The molecule has 0 aliphatic rings. The molecule has 3 aromatic carbocycles. The third-order valence-corrected chi connectivity index (χ3v) is 6.97. The van der Waals surface area contributed by atoms with Gasteiger partial charge in [-0.05, 0) is 30.3 Å². The lowest BCUT2D eigenvalue weighted by molar-refractivity contribution is 0.0780. The number of carbonyl (C=O) groups excluding carboxylic acids is 1. The second-order valence-electron chi connectivity index (χ2n) is 7.95. The van der Waals surface area contributed by atoms with Crippen LogP contribution in [-0.2, 0) is 16.6 Å².